The SMILES string of the molecule is O=C1NC(=O)C(Cc2cc3cc(OCc4cccnc4)ccc3s2)S1. The van der Waals surface area contributed by atoms with Crippen molar-refractivity contribution >= 4 is 44.3 Å². The van der Waals surface area contributed by atoms with Crippen LogP contribution in [0.3, 0.4) is 0 Å². The molecule has 3 heterocycles. The average molecular weight is 370 g/mol. The van der Waals surface area contributed by atoms with Gasteiger partial charge in [0.1, 0.15) is 12.4 Å². The van der Waals surface area contributed by atoms with Gasteiger partial charge < -0.3 is 4.74 Å². The maximum absolute atomic E-state index is 11.7. The number of pyridine rings is 1. The standard InChI is InChI=1S/C18H14N2O3S2/c21-17-16(25-18(22)20-17)8-14-7-12-6-13(3-4-15(12)24-14)23-10-11-2-1-5-19-9-11/h1-7,9,16H,8,10H2,(H,20,21,22). The number of ether oxygens (including phenoxy) is 1. The molecule has 1 aliphatic heterocycles. The smallest absolute Gasteiger partial charge is 0.286 e. The van der Waals surface area contributed by atoms with Crippen LogP contribution >= 0.6 is 23.1 Å². The van der Waals surface area contributed by atoms with E-state index in [0.29, 0.717) is 13.0 Å². The molecule has 0 spiro atoms. The Kier molecular flexibility index (Phi) is 4.42. The molecule has 2 amide bonds. The van der Waals surface area contributed by atoms with E-state index >= 15 is 0 Å². The largest absolute Gasteiger partial charge is 0.489 e. The summed E-state index contributed by atoms with van der Waals surface area (Å²) in [6, 6.07) is 11.9. The molecule has 1 saturated heterocycles. The van der Waals surface area contributed by atoms with Crippen LogP contribution in [0.5, 0.6) is 5.75 Å². The first kappa shape index (κ1) is 16.1. The lowest BCUT2D eigenvalue weighted by molar-refractivity contribution is -0.118. The molecular weight excluding hydrogens is 356 g/mol. The quantitative estimate of drug-likeness (QED) is 0.740. The first-order valence-electron chi connectivity index (χ1n) is 7.73. The number of nitrogens with one attached hydrogen (secondary N) is 1. The summed E-state index contributed by atoms with van der Waals surface area (Å²) in [6.45, 7) is 0.470. The number of carbonyl (C=O) groups is 2. The van der Waals surface area contributed by atoms with Gasteiger partial charge in [0.15, 0.2) is 0 Å². The number of imide groups is 1. The number of benzene rings is 1. The molecule has 1 aromatic carbocycles. The summed E-state index contributed by atoms with van der Waals surface area (Å²) in [5.74, 6) is 0.594. The van der Waals surface area contributed by atoms with E-state index in [1.54, 1.807) is 23.7 Å². The number of thiophene rings is 1. The molecule has 1 atom stereocenters. The molecule has 25 heavy (non-hydrogen) atoms. The number of nitrogens with zero attached hydrogens (tertiary/aromatic N) is 1. The van der Waals surface area contributed by atoms with E-state index in [-0.39, 0.29) is 16.4 Å². The molecule has 3 aromatic rings. The lowest BCUT2D eigenvalue weighted by Gasteiger charge is -2.05. The van der Waals surface area contributed by atoms with E-state index < -0.39 is 0 Å². The molecule has 0 saturated carbocycles. The lowest BCUT2D eigenvalue weighted by atomic mass is 10.2. The van der Waals surface area contributed by atoms with Gasteiger partial charge in [0, 0.05) is 34.0 Å². The Morgan fingerprint density at radius 3 is 2.88 bits per heavy atom. The van der Waals surface area contributed by atoms with Crippen LogP contribution in [-0.4, -0.2) is 21.4 Å². The van der Waals surface area contributed by atoms with Gasteiger partial charge >= 0.3 is 0 Å². The highest BCUT2D eigenvalue weighted by Gasteiger charge is 2.31. The van der Waals surface area contributed by atoms with Crippen LogP contribution in [0, 0.1) is 0 Å². The Labute approximate surface area is 152 Å². The van der Waals surface area contributed by atoms with Crippen LogP contribution in [0.1, 0.15) is 10.4 Å². The molecule has 5 nitrogen and oxygen atoms in total. The summed E-state index contributed by atoms with van der Waals surface area (Å²) in [4.78, 5) is 28.1. The van der Waals surface area contributed by atoms with Gasteiger partial charge in [0.25, 0.3) is 5.24 Å². The topological polar surface area (TPSA) is 68.3 Å². The summed E-state index contributed by atoms with van der Waals surface area (Å²) < 4.78 is 6.96. The van der Waals surface area contributed by atoms with Gasteiger partial charge in [0.05, 0.1) is 5.25 Å². The minimum atomic E-state index is -0.332. The average Bonchev–Trinajstić information content (AvgIpc) is 3.15. The number of thioether (sulfide) groups is 1. The molecule has 0 radical (unpaired) electrons. The number of hydrogen-bond acceptors (Lipinski definition) is 6. The zero-order valence-corrected chi connectivity index (χ0v) is 14.7. The predicted molar refractivity (Wildman–Crippen MR) is 99.0 cm³/mol. The number of aromatic nitrogens is 1. The Morgan fingerprint density at radius 1 is 1.20 bits per heavy atom. The van der Waals surface area contributed by atoms with Crippen LogP contribution in [0.2, 0.25) is 0 Å². The number of fused-ring (bicyclic) bond motifs is 1. The molecule has 1 fully saturated rings. The van der Waals surface area contributed by atoms with Gasteiger partial charge in [-0.1, -0.05) is 17.8 Å². The zero-order valence-electron chi connectivity index (χ0n) is 13.1. The highest BCUT2D eigenvalue weighted by molar-refractivity contribution is 8.15. The van der Waals surface area contributed by atoms with Gasteiger partial charge in [-0.2, -0.15) is 0 Å². The third-order valence-corrected chi connectivity index (χ3v) is 5.94. The third-order valence-electron chi connectivity index (χ3n) is 3.82. The minimum absolute atomic E-state index is 0.201. The van der Waals surface area contributed by atoms with E-state index in [1.165, 1.54) is 0 Å². The van der Waals surface area contributed by atoms with Crippen LogP contribution in [0.4, 0.5) is 4.79 Å². The van der Waals surface area contributed by atoms with Crippen molar-refractivity contribution in [3.05, 3.63) is 59.2 Å². The first-order valence-corrected chi connectivity index (χ1v) is 9.43. The third kappa shape index (κ3) is 3.67. The maximum Gasteiger partial charge on any atom is 0.286 e. The van der Waals surface area contributed by atoms with E-state index in [1.807, 2.05) is 30.3 Å². The number of carbonyl (C=O) groups excluding carboxylic acids is 2. The van der Waals surface area contributed by atoms with Crippen molar-refractivity contribution < 1.29 is 14.3 Å². The molecule has 0 bridgehead atoms. The van der Waals surface area contributed by atoms with Crippen molar-refractivity contribution in [3.8, 4) is 5.75 Å². The van der Waals surface area contributed by atoms with Crippen molar-refractivity contribution in [1.29, 1.82) is 0 Å². The highest BCUT2D eigenvalue weighted by Crippen LogP contribution is 2.32. The molecule has 1 unspecified atom stereocenters. The van der Waals surface area contributed by atoms with E-state index in [0.717, 1.165) is 38.0 Å². The summed E-state index contributed by atoms with van der Waals surface area (Å²) in [5, 5.41) is 2.82. The van der Waals surface area contributed by atoms with Crippen molar-refractivity contribution in [3.63, 3.8) is 0 Å². The van der Waals surface area contributed by atoms with Crippen molar-refractivity contribution in [2.24, 2.45) is 0 Å². The van der Waals surface area contributed by atoms with E-state index in [4.69, 9.17) is 4.74 Å². The molecule has 4 rings (SSSR count). The van der Waals surface area contributed by atoms with Crippen LogP contribution < -0.4 is 10.1 Å². The number of hydrogen-bond donors (Lipinski definition) is 1. The van der Waals surface area contributed by atoms with Crippen molar-refractivity contribution in [2.45, 2.75) is 18.3 Å². The normalized spacial score (nSPS) is 17.0. The van der Waals surface area contributed by atoms with Gasteiger partial charge in [-0.05, 0) is 35.7 Å². The lowest BCUT2D eigenvalue weighted by Crippen LogP contribution is -2.25. The Balaban J connectivity index is 1.47. The predicted octanol–water partition coefficient (Wildman–Crippen LogP) is 3.77. The fourth-order valence-electron chi connectivity index (χ4n) is 2.63. The minimum Gasteiger partial charge on any atom is -0.489 e. The second-order valence-corrected chi connectivity index (χ2v) is 7.99. The summed E-state index contributed by atoms with van der Waals surface area (Å²) in [7, 11) is 0. The Hall–Kier alpha value is -2.38. The molecule has 1 N–H and O–H groups in total. The Bertz CT molecular complexity index is 940. The number of rotatable bonds is 5. The van der Waals surface area contributed by atoms with Crippen LogP contribution in [0.25, 0.3) is 10.1 Å². The van der Waals surface area contributed by atoms with Gasteiger partial charge in [-0.15, -0.1) is 11.3 Å². The Morgan fingerprint density at radius 2 is 2.12 bits per heavy atom. The van der Waals surface area contributed by atoms with E-state index in [2.05, 4.69) is 16.4 Å². The van der Waals surface area contributed by atoms with Gasteiger partial charge in [0.2, 0.25) is 5.91 Å². The van der Waals surface area contributed by atoms with Crippen LogP contribution in [-0.2, 0) is 17.8 Å². The summed E-state index contributed by atoms with van der Waals surface area (Å²) >= 11 is 2.70. The maximum atomic E-state index is 11.7. The molecule has 7 heteroatoms. The van der Waals surface area contributed by atoms with Gasteiger partial charge in [-0.25, -0.2) is 0 Å². The fraction of sp³-hybridized carbons (Fsp3) is 0.167. The van der Waals surface area contributed by atoms with Gasteiger partial charge in [-0.3, -0.25) is 19.9 Å². The van der Waals surface area contributed by atoms with Crippen molar-refractivity contribution in [2.75, 3.05) is 0 Å². The monoisotopic (exact) mass is 370 g/mol. The fourth-order valence-corrected chi connectivity index (χ4v) is 4.67. The molecule has 2 aromatic heterocycles. The molecular formula is C18H14N2O3S2. The first-order chi connectivity index (χ1) is 12.2. The second kappa shape index (κ2) is 6.85. The molecule has 0 aliphatic carbocycles. The van der Waals surface area contributed by atoms with Crippen LogP contribution in [0.15, 0.2) is 48.8 Å². The summed E-state index contributed by atoms with van der Waals surface area (Å²) in [6.07, 6.45) is 4.08. The highest BCUT2D eigenvalue weighted by atomic mass is 32.2. The number of amides is 2. The molecule has 126 valence electrons. The van der Waals surface area contributed by atoms with E-state index in [9.17, 15) is 9.59 Å². The molecule has 1 aliphatic rings. The van der Waals surface area contributed by atoms with Crippen molar-refractivity contribution in [1.82, 2.24) is 10.3 Å². The summed E-state index contributed by atoms with van der Waals surface area (Å²) in [5.41, 5.74) is 1.02. The zero-order chi connectivity index (χ0) is 17.2. The second-order valence-electron chi connectivity index (χ2n) is 5.65.